The molecule has 0 atom stereocenters. The first-order valence-electron chi connectivity index (χ1n) is 7.39. The zero-order valence-electron chi connectivity index (χ0n) is 13.2. The number of halogens is 1. The predicted octanol–water partition coefficient (Wildman–Crippen LogP) is 3.29. The predicted molar refractivity (Wildman–Crippen MR) is 96.7 cm³/mol. The summed E-state index contributed by atoms with van der Waals surface area (Å²) < 4.78 is 28.8. The summed E-state index contributed by atoms with van der Waals surface area (Å²) in [4.78, 5) is 9.89. The number of sulfonamides is 1. The maximum absolute atomic E-state index is 12.5. The van der Waals surface area contributed by atoms with Crippen LogP contribution in [0, 0.1) is 10.1 Å². The third-order valence-corrected chi connectivity index (χ3v) is 5.32. The van der Waals surface area contributed by atoms with Crippen LogP contribution in [-0.2, 0) is 16.6 Å². The highest BCUT2D eigenvalue weighted by Gasteiger charge is 2.25. The lowest BCUT2D eigenvalue weighted by atomic mass is 10.2. The van der Waals surface area contributed by atoms with Crippen LogP contribution in [0.1, 0.15) is 5.56 Å². The minimum absolute atomic E-state index is 0.190. The zero-order valence-corrected chi connectivity index (χ0v) is 14.8. The van der Waals surface area contributed by atoms with Crippen LogP contribution in [0.25, 0.3) is 0 Å². The van der Waals surface area contributed by atoms with Crippen LogP contribution in [0.3, 0.4) is 0 Å². The van der Waals surface area contributed by atoms with Gasteiger partial charge in [-0.3, -0.25) is 19.5 Å². The second-order valence-electron chi connectivity index (χ2n) is 5.35. The van der Waals surface area contributed by atoms with E-state index in [0.29, 0.717) is 11.6 Å². The van der Waals surface area contributed by atoms with Crippen LogP contribution in [0.4, 0.5) is 11.4 Å². The summed E-state index contributed by atoms with van der Waals surface area (Å²) in [5, 5.41) is 15.7. The normalized spacial score (nSPS) is 11.3. The van der Waals surface area contributed by atoms with Crippen LogP contribution in [0.2, 0.25) is 5.02 Å². The Kier molecular flexibility index (Phi) is 4.92. The van der Waals surface area contributed by atoms with Gasteiger partial charge < -0.3 is 0 Å². The van der Waals surface area contributed by atoms with E-state index in [1.807, 2.05) is 12.1 Å². The number of hydrogen-bond acceptors (Lipinski definition) is 5. The third-order valence-electron chi connectivity index (χ3n) is 3.53. The van der Waals surface area contributed by atoms with E-state index >= 15 is 0 Å². The second-order valence-corrected chi connectivity index (χ2v) is 7.41. The topological polar surface area (TPSA) is 107 Å². The maximum atomic E-state index is 12.5. The molecule has 1 aromatic heterocycles. The molecule has 10 heteroatoms. The molecule has 0 saturated heterocycles. The second kappa shape index (κ2) is 7.14. The van der Waals surface area contributed by atoms with Crippen molar-refractivity contribution in [3.8, 4) is 0 Å². The van der Waals surface area contributed by atoms with Crippen LogP contribution in [0.15, 0.2) is 65.8 Å². The number of para-hydroxylation sites is 1. The van der Waals surface area contributed by atoms with Gasteiger partial charge in [0, 0.05) is 17.3 Å². The summed E-state index contributed by atoms with van der Waals surface area (Å²) in [6.45, 7) is 0.354. The number of rotatable bonds is 6. The summed E-state index contributed by atoms with van der Waals surface area (Å²) in [5.74, 6) is 0. The number of nitrogens with one attached hydrogen (secondary N) is 1. The Hall–Kier alpha value is -2.91. The van der Waals surface area contributed by atoms with Gasteiger partial charge in [-0.1, -0.05) is 41.9 Å². The Morgan fingerprint density at radius 1 is 1.15 bits per heavy atom. The molecule has 2 aromatic carbocycles. The minimum atomic E-state index is -4.13. The highest BCUT2D eigenvalue weighted by atomic mass is 35.5. The van der Waals surface area contributed by atoms with E-state index in [1.54, 1.807) is 12.1 Å². The highest BCUT2D eigenvalue weighted by molar-refractivity contribution is 7.92. The van der Waals surface area contributed by atoms with Crippen molar-refractivity contribution in [1.29, 1.82) is 0 Å². The van der Waals surface area contributed by atoms with Crippen LogP contribution < -0.4 is 4.72 Å². The van der Waals surface area contributed by atoms with Crippen molar-refractivity contribution < 1.29 is 13.3 Å². The SMILES string of the molecule is O=[N+]([O-])c1ccccc1S(=O)(=O)Nc1cnn(Cc2ccccc2Cl)c1. The van der Waals surface area contributed by atoms with E-state index in [2.05, 4.69) is 9.82 Å². The van der Waals surface area contributed by atoms with E-state index in [0.717, 1.165) is 11.6 Å². The molecule has 0 spiro atoms. The Morgan fingerprint density at radius 2 is 1.85 bits per heavy atom. The molecule has 0 radical (unpaired) electrons. The molecule has 8 nitrogen and oxygen atoms in total. The summed E-state index contributed by atoms with van der Waals surface area (Å²) in [6.07, 6.45) is 2.80. The van der Waals surface area contributed by atoms with Gasteiger partial charge >= 0.3 is 0 Å². The van der Waals surface area contributed by atoms with E-state index in [-0.39, 0.29) is 5.69 Å². The molecule has 3 rings (SSSR count). The molecule has 0 amide bonds. The summed E-state index contributed by atoms with van der Waals surface area (Å²) in [5.41, 5.74) is 0.518. The lowest BCUT2D eigenvalue weighted by Gasteiger charge is -2.06. The number of anilines is 1. The van der Waals surface area contributed by atoms with E-state index in [1.165, 1.54) is 35.3 Å². The largest absolute Gasteiger partial charge is 0.289 e. The summed E-state index contributed by atoms with van der Waals surface area (Å²) in [7, 11) is -4.13. The monoisotopic (exact) mass is 392 g/mol. The quantitative estimate of drug-likeness (QED) is 0.511. The molecule has 0 bridgehead atoms. The van der Waals surface area contributed by atoms with Gasteiger partial charge in [-0.25, -0.2) is 8.42 Å². The molecule has 0 aliphatic rings. The summed E-state index contributed by atoms with van der Waals surface area (Å²) >= 11 is 6.10. The Labute approximate surface area is 154 Å². The molecule has 3 aromatic rings. The van der Waals surface area contributed by atoms with Gasteiger partial charge in [0.2, 0.25) is 0 Å². The van der Waals surface area contributed by atoms with Crippen LogP contribution >= 0.6 is 11.6 Å². The standard InChI is InChI=1S/C16H13ClN4O4S/c17-14-6-2-1-5-12(14)10-20-11-13(9-18-20)19-26(24,25)16-8-4-3-7-15(16)21(22)23/h1-9,11,19H,10H2. The van der Waals surface area contributed by atoms with Crippen molar-refractivity contribution >= 4 is 33.0 Å². The number of hydrogen-bond donors (Lipinski definition) is 1. The number of nitro benzene ring substituents is 1. The van der Waals surface area contributed by atoms with Crippen LogP contribution in [-0.4, -0.2) is 23.1 Å². The zero-order chi connectivity index (χ0) is 18.7. The van der Waals surface area contributed by atoms with Gasteiger partial charge in [-0.2, -0.15) is 5.10 Å². The lowest BCUT2D eigenvalue weighted by Crippen LogP contribution is -2.14. The number of nitro groups is 1. The molecule has 0 fully saturated rings. The van der Waals surface area contributed by atoms with Gasteiger partial charge in [0.05, 0.1) is 23.4 Å². The smallest absolute Gasteiger partial charge is 0.276 e. The average molecular weight is 393 g/mol. The molecule has 0 saturated carbocycles. The molecule has 1 heterocycles. The fourth-order valence-electron chi connectivity index (χ4n) is 2.35. The van der Waals surface area contributed by atoms with E-state index in [9.17, 15) is 18.5 Å². The van der Waals surface area contributed by atoms with E-state index in [4.69, 9.17) is 11.6 Å². The fraction of sp³-hybridized carbons (Fsp3) is 0.0625. The summed E-state index contributed by atoms with van der Waals surface area (Å²) in [6, 6.07) is 12.4. The van der Waals surface area contributed by atoms with Crippen LogP contribution in [0.5, 0.6) is 0 Å². The van der Waals surface area contributed by atoms with Crippen molar-refractivity contribution in [2.75, 3.05) is 4.72 Å². The van der Waals surface area contributed by atoms with Gasteiger partial charge in [0.1, 0.15) is 0 Å². The van der Waals surface area contributed by atoms with Crippen molar-refractivity contribution in [3.05, 3.63) is 81.6 Å². The third kappa shape index (κ3) is 3.84. The molecule has 1 N–H and O–H groups in total. The van der Waals surface area contributed by atoms with Crippen molar-refractivity contribution in [3.63, 3.8) is 0 Å². The molecular weight excluding hydrogens is 380 g/mol. The molecule has 0 unspecified atom stereocenters. The molecule has 0 aliphatic heterocycles. The lowest BCUT2D eigenvalue weighted by molar-refractivity contribution is -0.387. The minimum Gasteiger partial charge on any atom is -0.276 e. The Bertz CT molecular complexity index is 1070. The Morgan fingerprint density at radius 3 is 2.58 bits per heavy atom. The van der Waals surface area contributed by atoms with Gasteiger partial charge in [0.25, 0.3) is 15.7 Å². The Balaban J connectivity index is 1.83. The van der Waals surface area contributed by atoms with Gasteiger partial charge in [-0.05, 0) is 17.7 Å². The number of benzene rings is 2. The first kappa shape index (κ1) is 17.9. The van der Waals surface area contributed by atoms with Crippen molar-refractivity contribution in [2.45, 2.75) is 11.4 Å². The van der Waals surface area contributed by atoms with E-state index < -0.39 is 25.5 Å². The fourth-order valence-corrected chi connectivity index (χ4v) is 3.75. The van der Waals surface area contributed by atoms with Crippen molar-refractivity contribution in [2.24, 2.45) is 0 Å². The maximum Gasteiger partial charge on any atom is 0.289 e. The number of nitrogens with zero attached hydrogens (tertiary/aromatic N) is 3. The van der Waals surface area contributed by atoms with Gasteiger partial charge in [0.15, 0.2) is 4.90 Å². The average Bonchev–Trinajstić information content (AvgIpc) is 3.03. The van der Waals surface area contributed by atoms with Gasteiger partial charge in [-0.15, -0.1) is 0 Å². The molecular formula is C16H13ClN4O4S. The first-order chi connectivity index (χ1) is 12.4. The molecule has 26 heavy (non-hydrogen) atoms. The molecule has 134 valence electrons. The number of aromatic nitrogens is 2. The van der Waals surface area contributed by atoms with Crippen molar-refractivity contribution in [1.82, 2.24) is 9.78 Å². The molecule has 0 aliphatic carbocycles. The first-order valence-corrected chi connectivity index (χ1v) is 9.25. The highest BCUT2D eigenvalue weighted by Crippen LogP contribution is 2.25.